The van der Waals surface area contributed by atoms with Gasteiger partial charge < -0.3 is 5.32 Å². The first-order valence-electron chi connectivity index (χ1n) is 7.39. The van der Waals surface area contributed by atoms with Gasteiger partial charge in [-0.2, -0.15) is 5.10 Å². The maximum atomic E-state index is 4.66. The monoisotopic (exact) mass is 251 g/mol. The van der Waals surface area contributed by atoms with E-state index in [1.807, 2.05) is 4.68 Å². The van der Waals surface area contributed by atoms with E-state index in [0.29, 0.717) is 12.1 Å². The van der Waals surface area contributed by atoms with E-state index in [9.17, 15) is 0 Å². The highest BCUT2D eigenvalue weighted by atomic mass is 15.3. The number of hydrogen-bond acceptors (Lipinski definition) is 2. The zero-order valence-corrected chi connectivity index (χ0v) is 12.6. The Morgan fingerprint density at radius 3 is 2.33 bits per heavy atom. The van der Waals surface area contributed by atoms with Crippen molar-refractivity contribution in [1.29, 1.82) is 0 Å². The predicted octanol–water partition coefficient (Wildman–Crippen LogP) is 3.42. The highest BCUT2D eigenvalue weighted by Gasteiger charge is 2.19. The fourth-order valence-corrected chi connectivity index (χ4v) is 2.52. The minimum Gasteiger partial charge on any atom is -0.314 e. The van der Waals surface area contributed by atoms with Crippen LogP contribution in [0, 0.1) is 5.92 Å². The van der Waals surface area contributed by atoms with E-state index in [-0.39, 0.29) is 0 Å². The molecule has 0 radical (unpaired) electrons. The Kier molecular flexibility index (Phi) is 6.41. The van der Waals surface area contributed by atoms with Gasteiger partial charge in [0.1, 0.15) is 0 Å². The lowest BCUT2D eigenvalue weighted by atomic mass is 9.91. The van der Waals surface area contributed by atoms with Crippen LogP contribution in [-0.2, 0) is 6.42 Å². The second-order valence-corrected chi connectivity index (χ2v) is 5.33. The third-order valence-electron chi connectivity index (χ3n) is 3.71. The predicted molar refractivity (Wildman–Crippen MR) is 77.9 cm³/mol. The molecule has 104 valence electrons. The Balaban J connectivity index is 2.69. The van der Waals surface area contributed by atoms with Gasteiger partial charge in [0.2, 0.25) is 0 Å². The van der Waals surface area contributed by atoms with Crippen molar-refractivity contribution in [2.45, 2.75) is 66.0 Å². The molecule has 3 heteroatoms. The molecule has 0 spiro atoms. The zero-order valence-electron chi connectivity index (χ0n) is 12.6. The fourth-order valence-electron chi connectivity index (χ4n) is 2.52. The van der Waals surface area contributed by atoms with E-state index in [1.54, 1.807) is 0 Å². The Hall–Kier alpha value is -0.830. The summed E-state index contributed by atoms with van der Waals surface area (Å²) in [4.78, 5) is 0. The number of nitrogens with one attached hydrogen (secondary N) is 1. The molecule has 1 N–H and O–H groups in total. The van der Waals surface area contributed by atoms with Crippen molar-refractivity contribution in [2.24, 2.45) is 5.92 Å². The first-order chi connectivity index (χ1) is 8.62. The Morgan fingerprint density at radius 1 is 1.22 bits per heavy atom. The molecule has 18 heavy (non-hydrogen) atoms. The quantitative estimate of drug-likeness (QED) is 0.767. The van der Waals surface area contributed by atoms with Gasteiger partial charge in [-0.15, -0.1) is 0 Å². The van der Waals surface area contributed by atoms with E-state index in [0.717, 1.165) is 18.9 Å². The van der Waals surface area contributed by atoms with E-state index in [1.165, 1.54) is 18.5 Å². The Morgan fingerprint density at radius 2 is 1.89 bits per heavy atom. The molecule has 1 aromatic rings. The summed E-state index contributed by atoms with van der Waals surface area (Å²) in [6.07, 6.45) is 5.61. The molecule has 0 fully saturated rings. The van der Waals surface area contributed by atoms with Crippen LogP contribution in [0.2, 0.25) is 0 Å². The minimum atomic E-state index is 0.449. The number of rotatable bonds is 8. The molecule has 0 saturated carbocycles. The largest absolute Gasteiger partial charge is 0.314 e. The van der Waals surface area contributed by atoms with Gasteiger partial charge in [-0.25, -0.2) is 0 Å². The minimum absolute atomic E-state index is 0.449. The normalized spacial score (nSPS) is 13.5. The molecule has 0 aliphatic rings. The molecule has 1 atom stereocenters. The van der Waals surface area contributed by atoms with Gasteiger partial charge in [0.15, 0.2) is 0 Å². The summed E-state index contributed by atoms with van der Waals surface area (Å²) in [7, 11) is 0. The third-order valence-corrected chi connectivity index (χ3v) is 3.71. The molecule has 1 rings (SSSR count). The van der Waals surface area contributed by atoms with Crippen LogP contribution in [0.25, 0.3) is 0 Å². The van der Waals surface area contributed by atoms with Gasteiger partial charge in [-0.1, -0.05) is 33.6 Å². The number of aromatic nitrogens is 2. The molecular weight excluding hydrogens is 222 g/mol. The number of likely N-dealkylation sites (N-methyl/N-ethyl adjacent to an activating group) is 1. The van der Waals surface area contributed by atoms with Gasteiger partial charge in [-0.05, 0) is 32.4 Å². The lowest BCUT2D eigenvalue weighted by Gasteiger charge is -2.25. The molecule has 1 heterocycles. The van der Waals surface area contributed by atoms with Crippen molar-refractivity contribution in [1.82, 2.24) is 15.1 Å². The van der Waals surface area contributed by atoms with Crippen molar-refractivity contribution in [3.63, 3.8) is 0 Å². The van der Waals surface area contributed by atoms with Crippen LogP contribution in [0.4, 0.5) is 0 Å². The summed E-state index contributed by atoms with van der Waals surface area (Å²) in [5.41, 5.74) is 1.21. The maximum Gasteiger partial charge on any atom is 0.0640 e. The zero-order chi connectivity index (χ0) is 13.5. The molecule has 0 saturated heterocycles. The molecule has 0 aliphatic carbocycles. The highest BCUT2D eigenvalue weighted by Crippen LogP contribution is 2.17. The summed E-state index contributed by atoms with van der Waals surface area (Å²) in [5.74, 6) is 0.745. The van der Waals surface area contributed by atoms with Crippen LogP contribution >= 0.6 is 0 Å². The summed E-state index contributed by atoms with van der Waals surface area (Å²) >= 11 is 0. The molecule has 1 aromatic heterocycles. The summed E-state index contributed by atoms with van der Waals surface area (Å²) < 4.78 is 2.05. The second-order valence-electron chi connectivity index (χ2n) is 5.33. The van der Waals surface area contributed by atoms with Crippen molar-refractivity contribution in [3.8, 4) is 0 Å². The van der Waals surface area contributed by atoms with Crippen molar-refractivity contribution >= 4 is 0 Å². The van der Waals surface area contributed by atoms with Crippen molar-refractivity contribution < 1.29 is 0 Å². The van der Waals surface area contributed by atoms with E-state index in [4.69, 9.17) is 0 Å². The van der Waals surface area contributed by atoms with Crippen LogP contribution < -0.4 is 5.32 Å². The molecule has 0 aromatic carbocycles. The molecular formula is C15H29N3. The Labute approximate surface area is 112 Å². The number of nitrogens with zero attached hydrogens (tertiary/aromatic N) is 2. The summed E-state index contributed by atoms with van der Waals surface area (Å²) in [6.45, 7) is 12.1. The van der Waals surface area contributed by atoms with Gasteiger partial charge >= 0.3 is 0 Å². The standard InChI is InChI=1S/C15H29N3/c1-6-13(7-2)15(16-8-3)11-14-9-10-18(17-14)12(4)5/h9-10,12-13,15-16H,6-8,11H2,1-5H3. The lowest BCUT2D eigenvalue weighted by molar-refractivity contribution is 0.333. The van der Waals surface area contributed by atoms with Crippen molar-refractivity contribution in [3.05, 3.63) is 18.0 Å². The summed E-state index contributed by atoms with van der Waals surface area (Å²) in [6, 6.07) is 3.16. The van der Waals surface area contributed by atoms with E-state index < -0.39 is 0 Å². The van der Waals surface area contributed by atoms with Crippen LogP contribution in [0.5, 0.6) is 0 Å². The van der Waals surface area contributed by atoms with Crippen LogP contribution in [0.15, 0.2) is 12.3 Å². The van der Waals surface area contributed by atoms with Crippen molar-refractivity contribution in [2.75, 3.05) is 6.54 Å². The SMILES string of the molecule is CCNC(Cc1ccn(C(C)C)n1)C(CC)CC. The van der Waals surface area contributed by atoms with Gasteiger partial charge in [0, 0.05) is 24.7 Å². The molecule has 0 bridgehead atoms. The van der Waals surface area contributed by atoms with Gasteiger partial charge in [-0.3, -0.25) is 4.68 Å². The smallest absolute Gasteiger partial charge is 0.0640 e. The molecule has 0 amide bonds. The topological polar surface area (TPSA) is 29.9 Å². The van der Waals surface area contributed by atoms with Crippen LogP contribution in [0.3, 0.4) is 0 Å². The molecule has 1 unspecified atom stereocenters. The maximum absolute atomic E-state index is 4.66. The first-order valence-corrected chi connectivity index (χ1v) is 7.39. The van der Waals surface area contributed by atoms with Gasteiger partial charge in [0.05, 0.1) is 5.69 Å². The van der Waals surface area contributed by atoms with E-state index in [2.05, 4.69) is 57.3 Å². The fraction of sp³-hybridized carbons (Fsp3) is 0.800. The first kappa shape index (κ1) is 15.2. The average Bonchev–Trinajstić information content (AvgIpc) is 2.79. The highest BCUT2D eigenvalue weighted by molar-refractivity contribution is 5.03. The van der Waals surface area contributed by atoms with E-state index >= 15 is 0 Å². The Bertz CT molecular complexity index is 326. The second kappa shape index (κ2) is 7.57. The molecule has 3 nitrogen and oxygen atoms in total. The van der Waals surface area contributed by atoms with Crippen LogP contribution in [0.1, 0.15) is 59.2 Å². The van der Waals surface area contributed by atoms with Gasteiger partial charge in [0.25, 0.3) is 0 Å². The third kappa shape index (κ3) is 4.13. The van der Waals surface area contributed by atoms with Crippen LogP contribution in [-0.4, -0.2) is 22.4 Å². The average molecular weight is 251 g/mol. The summed E-state index contributed by atoms with van der Waals surface area (Å²) in [5, 5.41) is 8.28. The number of hydrogen-bond donors (Lipinski definition) is 1. The lowest BCUT2D eigenvalue weighted by Crippen LogP contribution is -2.37. The molecule has 0 aliphatic heterocycles.